The first-order valence-corrected chi connectivity index (χ1v) is 6.44. The first-order chi connectivity index (χ1) is 9.17. The zero-order valence-electron chi connectivity index (χ0n) is 11.1. The van der Waals surface area contributed by atoms with E-state index in [0.717, 1.165) is 18.5 Å². The molecule has 0 radical (unpaired) electrons. The quantitative estimate of drug-likeness (QED) is 0.895. The van der Waals surface area contributed by atoms with Crippen molar-refractivity contribution in [1.82, 2.24) is 15.0 Å². The van der Waals surface area contributed by atoms with E-state index in [2.05, 4.69) is 17.2 Å². The molecule has 1 heterocycles. The van der Waals surface area contributed by atoms with Crippen LogP contribution in [0.25, 0.3) is 5.69 Å². The van der Waals surface area contributed by atoms with Gasteiger partial charge in [0.2, 0.25) is 0 Å². The number of nitrogens with zero attached hydrogens (tertiary/aromatic N) is 3. The maximum atomic E-state index is 11.1. The molecule has 0 spiro atoms. The highest BCUT2D eigenvalue weighted by Crippen LogP contribution is 2.16. The van der Waals surface area contributed by atoms with Crippen molar-refractivity contribution in [3.8, 4) is 5.69 Å². The molecule has 0 bridgehead atoms. The average Bonchev–Trinajstić information content (AvgIpc) is 2.83. The van der Waals surface area contributed by atoms with E-state index in [0.29, 0.717) is 12.1 Å². The van der Waals surface area contributed by atoms with Crippen LogP contribution in [0.5, 0.6) is 0 Å². The summed E-state index contributed by atoms with van der Waals surface area (Å²) < 4.78 is 1.62. The molecule has 5 nitrogen and oxygen atoms in total. The summed E-state index contributed by atoms with van der Waals surface area (Å²) in [5.74, 6) is -1.03. The number of aryl methyl sites for hydroxylation is 1. The van der Waals surface area contributed by atoms with Crippen LogP contribution in [0.1, 0.15) is 42.0 Å². The van der Waals surface area contributed by atoms with E-state index in [-0.39, 0.29) is 5.69 Å². The molecule has 0 aliphatic carbocycles. The second-order valence-electron chi connectivity index (χ2n) is 4.37. The Morgan fingerprint density at radius 2 is 1.95 bits per heavy atom. The van der Waals surface area contributed by atoms with Gasteiger partial charge in [0.15, 0.2) is 5.69 Å². The van der Waals surface area contributed by atoms with Crippen molar-refractivity contribution in [2.75, 3.05) is 0 Å². The number of carboxylic acids is 1. The molecule has 0 amide bonds. The summed E-state index contributed by atoms with van der Waals surface area (Å²) in [7, 11) is 0. The van der Waals surface area contributed by atoms with Crippen molar-refractivity contribution < 1.29 is 9.90 Å². The number of aromatic nitrogens is 3. The molecule has 0 aliphatic heterocycles. The lowest BCUT2D eigenvalue weighted by Crippen LogP contribution is -2.06. The van der Waals surface area contributed by atoms with Crippen LogP contribution in [0.4, 0.5) is 0 Å². The molecule has 1 N–H and O–H groups in total. The van der Waals surface area contributed by atoms with Gasteiger partial charge in [-0.15, -0.1) is 5.10 Å². The van der Waals surface area contributed by atoms with Crippen LogP contribution >= 0.6 is 0 Å². The summed E-state index contributed by atoms with van der Waals surface area (Å²) in [6, 6.07) is 7.93. The number of carbonyl (C=O) groups is 1. The normalized spacial score (nSPS) is 10.6. The minimum atomic E-state index is -1.03. The van der Waals surface area contributed by atoms with Crippen LogP contribution in [-0.4, -0.2) is 26.1 Å². The summed E-state index contributed by atoms with van der Waals surface area (Å²) in [4.78, 5) is 11.1. The lowest BCUT2D eigenvalue weighted by Gasteiger charge is -2.06. The number of benzene rings is 1. The van der Waals surface area contributed by atoms with Crippen molar-refractivity contribution in [2.45, 2.75) is 33.1 Å². The number of aromatic carboxylic acids is 1. The SMILES string of the molecule is CCCc1c(C(=O)O)nnn1-c1ccc(CC)cc1. The first kappa shape index (κ1) is 13.3. The van der Waals surface area contributed by atoms with E-state index >= 15 is 0 Å². The van der Waals surface area contributed by atoms with Gasteiger partial charge in [-0.3, -0.25) is 0 Å². The number of hydrogen-bond acceptors (Lipinski definition) is 3. The summed E-state index contributed by atoms with van der Waals surface area (Å²) in [6.45, 7) is 4.10. The first-order valence-electron chi connectivity index (χ1n) is 6.44. The van der Waals surface area contributed by atoms with Gasteiger partial charge in [-0.05, 0) is 30.5 Å². The third kappa shape index (κ3) is 2.65. The minimum Gasteiger partial charge on any atom is -0.476 e. The van der Waals surface area contributed by atoms with Gasteiger partial charge in [0.1, 0.15) is 0 Å². The topological polar surface area (TPSA) is 68.0 Å². The molecule has 0 atom stereocenters. The number of carboxylic acid groups (broad SMARTS) is 1. The number of hydrogen-bond donors (Lipinski definition) is 1. The van der Waals surface area contributed by atoms with Crippen molar-refractivity contribution in [1.29, 1.82) is 0 Å². The second-order valence-corrected chi connectivity index (χ2v) is 4.37. The Kier molecular flexibility index (Phi) is 3.94. The van der Waals surface area contributed by atoms with Gasteiger partial charge in [0.05, 0.1) is 11.4 Å². The van der Waals surface area contributed by atoms with Crippen LogP contribution in [0.3, 0.4) is 0 Å². The summed E-state index contributed by atoms with van der Waals surface area (Å²) >= 11 is 0. The standard InChI is InChI=1S/C14H17N3O2/c1-3-5-12-13(14(18)19)15-16-17(12)11-8-6-10(4-2)7-9-11/h6-9H,3-5H2,1-2H3,(H,18,19). The van der Waals surface area contributed by atoms with Gasteiger partial charge in [-0.1, -0.05) is 37.6 Å². The Balaban J connectivity index is 2.45. The molecule has 1 aromatic heterocycles. The molecule has 0 unspecified atom stereocenters. The third-order valence-corrected chi connectivity index (χ3v) is 3.04. The van der Waals surface area contributed by atoms with E-state index in [1.54, 1.807) is 4.68 Å². The predicted molar refractivity (Wildman–Crippen MR) is 71.7 cm³/mol. The Labute approximate surface area is 111 Å². The Hall–Kier alpha value is -2.17. The van der Waals surface area contributed by atoms with Gasteiger partial charge in [0, 0.05) is 0 Å². The molecule has 0 saturated carbocycles. The lowest BCUT2D eigenvalue weighted by atomic mass is 10.1. The fraction of sp³-hybridized carbons (Fsp3) is 0.357. The number of rotatable bonds is 5. The zero-order valence-corrected chi connectivity index (χ0v) is 11.1. The highest BCUT2D eigenvalue weighted by atomic mass is 16.4. The van der Waals surface area contributed by atoms with Crippen molar-refractivity contribution >= 4 is 5.97 Å². The molecule has 0 aliphatic rings. The molecular formula is C14H17N3O2. The predicted octanol–water partition coefficient (Wildman–Crippen LogP) is 2.48. The van der Waals surface area contributed by atoms with E-state index in [4.69, 9.17) is 5.11 Å². The van der Waals surface area contributed by atoms with E-state index in [1.807, 2.05) is 31.2 Å². The molecule has 1 aromatic carbocycles. The monoisotopic (exact) mass is 259 g/mol. The van der Waals surface area contributed by atoms with E-state index in [1.165, 1.54) is 5.56 Å². The van der Waals surface area contributed by atoms with Gasteiger partial charge < -0.3 is 5.11 Å². The van der Waals surface area contributed by atoms with Crippen LogP contribution in [0.15, 0.2) is 24.3 Å². The summed E-state index contributed by atoms with van der Waals surface area (Å²) in [5, 5.41) is 16.9. The summed E-state index contributed by atoms with van der Waals surface area (Å²) in [6.07, 6.45) is 2.46. The second kappa shape index (κ2) is 5.65. The molecule has 2 rings (SSSR count). The van der Waals surface area contributed by atoms with Gasteiger partial charge in [-0.2, -0.15) is 0 Å². The minimum absolute atomic E-state index is 0.0430. The van der Waals surface area contributed by atoms with Crippen molar-refractivity contribution in [2.24, 2.45) is 0 Å². The van der Waals surface area contributed by atoms with Crippen LogP contribution < -0.4 is 0 Å². The van der Waals surface area contributed by atoms with Crippen molar-refractivity contribution in [3.05, 3.63) is 41.2 Å². The van der Waals surface area contributed by atoms with Crippen LogP contribution in [0.2, 0.25) is 0 Å². The maximum Gasteiger partial charge on any atom is 0.358 e. The van der Waals surface area contributed by atoms with Crippen LogP contribution in [-0.2, 0) is 12.8 Å². The molecule has 100 valence electrons. The van der Waals surface area contributed by atoms with Gasteiger partial charge in [-0.25, -0.2) is 9.48 Å². The van der Waals surface area contributed by atoms with Gasteiger partial charge in [0.25, 0.3) is 0 Å². The molecule has 0 fully saturated rings. The Morgan fingerprint density at radius 1 is 1.26 bits per heavy atom. The van der Waals surface area contributed by atoms with Gasteiger partial charge >= 0.3 is 5.97 Å². The fourth-order valence-electron chi connectivity index (χ4n) is 2.01. The van der Waals surface area contributed by atoms with Crippen molar-refractivity contribution in [3.63, 3.8) is 0 Å². The Bertz CT molecular complexity index is 573. The molecule has 2 aromatic rings. The average molecular weight is 259 g/mol. The smallest absolute Gasteiger partial charge is 0.358 e. The third-order valence-electron chi connectivity index (χ3n) is 3.04. The van der Waals surface area contributed by atoms with E-state index in [9.17, 15) is 4.79 Å². The fourth-order valence-corrected chi connectivity index (χ4v) is 2.01. The largest absolute Gasteiger partial charge is 0.476 e. The van der Waals surface area contributed by atoms with Crippen LogP contribution in [0, 0.1) is 0 Å². The zero-order chi connectivity index (χ0) is 13.8. The van der Waals surface area contributed by atoms with E-state index < -0.39 is 5.97 Å². The Morgan fingerprint density at radius 3 is 2.47 bits per heavy atom. The highest BCUT2D eigenvalue weighted by molar-refractivity contribution is 5.86. The molecule has 19 heavy (non-hydrogen) atoms. The highest BCUT2D eigenvalue weighted by Gasteiger charge is 2.18. The molecular weight excluding hydrogens is 242 g/mol. The lowest BCUT2D eigenvalue weighted by molar-refractivity contribution is 0.0689. The molecule has 0 saturated heterocycles. The maximum absolute atomic E-state index is 11.1. The summed E-state index contributed by atoms with van der Waals surface area (Å²) in [5.41, 5.74) is 2.78. The molecule has 5 heteroatoms.